The molecule has 0 atom stereocenters. The van der Waals surface area contributed by atoms with E-state index in [1.165, 1.54) is 6.07 Å². The molecule has 0 aliphatic heterocycles. The van der Waals surface area contributed by atoms with E-state index in [2.05, 4.69) is 20.6 Å². The largest absolute Gasteiger partial charge is 0.491 e. The van der Waals surface area contributed by atoms with Gasteiger partial charge in [-0.1, -0.05) is 12.1 Å². The van der Waals surface area contributed by atoms with Crippen LogP contribution in [-0.2, 0) is 13.0 Å². The molecule has 0 fully saturated rings. The molecular weight excluding hydrogens is 508 g/mol. The highest BCUT2D eigenvalue weighted by atomic mass is 127. The first-order valence-electron chi connectivity index (χ1n) is 10.1. The van der Waals surface area contributed by atoms with Gasteiger partial charge in [0.1, 0.15) is 11.6 Å². The van der Waals surface area contributed by atoms with Crippen LogP contribution in [-0.4, -0.2) is 34.7 Å². The van der Waals surface area contributed by atoms with Crippen molar-refractivity contribution in [1.82, 2.24) is 14.9 Å². The Hall–Kier alpha value is -2.62. The zero-order chi connectivity index (χ0) is 21.2. The van der Waals surface area contributed by atoms with E-state index in [1.807, 2.05) is 54.9 Å². The third kappa shape index (κ3) is 8.95. The Balaban J connectivity index is 0.00000341. The van der Waals surface area contributed by atoms with E-state index in [0.29, 0.717) is 25.5 Å². The van der Waals surface area contributed by atoms with Crippen LogP contribution in [0.25, 0.3) is 0 Å². The molecule has 166 valence electrons. The van der Waals surface area contributed by atoms with Gasteiger partial charge in [-0.05, 0) is 62.2 Å². The molecule has 0 aliphatic rings. The molecule has 0 aliphatic carbocycles. The highest BCUT2D eigenvalue weighted by Crippen LogP contribution is 2.16. The molecule has 0 saturated heterocycles. The van der Waals surface area contributed by atoms with Gasteiger partial charge in [0.05, 0.1) is 12.4 Å². The van der Waals surface area contributed by atoms with E-state index < -0.39 is 0 Å². The van der Waals surface area contributed by atoms with Crippen molar-refractivity contribution in [3.63, 3.8) is 0 Å². The summed E-state index contributed by atoms with van der Waals surface area (Å²) >= 11 is 0. The Bertz CT molecular complexity index is 929. The number of imidazole rings is 1. The number of benzene rings is 2. The average Bonchev–Trinajstić information content (AvgIpc) is 3.22. The van der Waals surface area contributed by atoms with Gasteiger partial charge in [0.2, 0.25) is 0 Å². The first-order chi connectivity index (χ1) is 14.6. The van der Waals surface area contributed by atoms with Crippen molar-refractivity contribution >= 4 is 35.6 Å². The van der Waals surface area contributed by atoms with Gasteiger partial charge in [0, 0.05) is 37.7 Å². The highest BCUT2D eigenvalue weighted by molar-refractivity contribution is 14.0. The van der Waals surface area contributed by atoms with Crippen LogP contribution in [0.2, 0.25) is 0 Å². The fraction of sp³-hybridized carbons (Fsp3) is 0.304. The molecule has 2 aromatic carbocycles. The van der Waals surface area contributed by atoms with E-state index in [0.717, 1.165) is 23.5 Å². The van der Waals surface area contributed by atoms with Gasteiger partial charge < -0.3 is 19.9 Å². The Labute approximate surface area is 200 Å². The summed E-state index contributed by atoms with van der Waals surface area (Å²) in [5.74, 6) is 1.27. The van der Waals surface area contributed by atoms with Crippen molar-refractivity contribution in [1.29, 1.82) is 0 Å². The molecule has 0 unspecified atom stereocenters. The molecule has 3 aromatic rings. The summed E-state index contributed by atoms with van der Waals surface area (Å²) in [5.41, 5.74) is 1.83. The Kier molecular flexibility index (Phi) is 10.3. The predicted octanol–water partition coefficient (Wildman–Crippen LogP) is 4.73. The molecule has 1 aromatic heterocycles. The number of anilines is 1. The van der Waals surface area contributed by atoms with E-state index in [9.17, 15) is 4.39 Å². The number of rotatable bonds is 9. The lowest BCUT2D eigenvalue weighted by molar-refractivity contribution is 0.242. The fourth-order valence-electron chi connectivity index (χ4n) is 2.88. The zero-order valence-corrected chi connectivity index (χ0v) is 20.1. The van der Waals surface area contributed by atoms with E-state index in [-0.39, 0.29) is 35.9 Å². The minimum Gasteiger partial charge on any atom is -0.491 e. The van der Waals surface area contributed by atoms with Gasteiger partial charge in [0.25, 0.3) is 0 Å². The molecule has 2 N–H and O–H groups in total. The lowest BCUT2D eigenvalue weighted by Gasteiger charge is -2.14. The van der Waals surface area contributed by atoms with Gasteiger partial charge >= 0.3 is 0 Å². The third-order valence-corrected chi connectivity index (χ3v) is 4.27. The molecule has 0 radical (unpaired) electrons. The SMILES string of the molecule is CC(C)Oc1ccc(NC(=NCCc2cccc(F)c2)NCCn2ccnc2)cc1.I. The van der Waals surface area contributed by atoms with Gasteiger partial charge in [-0.2, -0.15) is 0 Å². The number of aliphatic imine (C=N–C) groups is 1. The number of nitrogens with one attached hydrogen (secondary N) is 2. The van der Waals surface area contributed by atoms with Crippen molar-refractivity contribution in [3.05, 3.63) is 78.6 Å². The van der Waals surface area contributed by atoms with Crippen LogP contribution in [0.15, 0.2) is 72.2 Å². The smallest absolute Gasteiger partial charge is 0.195 e. The van der Waals surface area contributed by atoms with Crippen LogP contribution in [0.4, 0.5) is 10.1 Å². The molecule has 0 spiro atoms. The molecule has 6 nitrogen and oxygen atoms in total. The minimum atomic E-state index is -0.225. The maximum absolute atomic E-state index is 13.4. The standard InChI is InChI=1S/C23H28FN5O.HI/c1-18(2)30-22-8-6-21(7-9-22)28-23(27-13-15-29-14-12-25-17-29)26-11-10-19-4-3-5-20(24)16-19;/h3-9,12,14,16-18H,10-11,13,15H2,1-2H3,(H2,26,27,28);1H. The summed E-state index contributed by atoms with van der Waals surface area (Å²) in [4.78, 5) is 8.70. The lowest BCUT2D eigenvalue weighted by atomic mass is 10.1. The molecule has 8 heteroatoms. The lowest BCUT2D eigenvalue weighted by Crippen LogP contribution is -2.33. The van der Waals surface area contributed by atoms with Crippen LogP contribution in [0.1, 0.15) is 19.4 Å². The van der Waals surface area contributed by atoms with Crippen LogP contribution in [0.5, 0.6) is 5.75 Å². The van der Waals surface area contributed by atoms with Crippen LogP contribution in [0.3, 0.4) is 0 Å². The second-order valence-electron chi connectivity index (χ2n) is 7.15. The van der Waals surface area contributed by atoms with Crippen molar-refractivity contribution < 1.29 is 9.13 Å². The monoisotopic (exact) mass is 537 g/mol. The van der Waals surface area contributed by atoms with Crippen molar-refractivity contribution in [2.24, 2.45) is 4.99 Å². The summed E-state index contributed by atoms with van der Waals surface area (Å²) in [5, 5.41) is 6.66. The molecule has 3 rings (SSSR count). The summed E-state index contributed by atoms with van der Waals surface area (Å²) in [6, 6.07) is 14.4. The normalized spacial score (nSPS) is 11.2. The Morgan fingerprint density at radius 1 is 1.19 bits per heavy atom. The van der Waals surface area contributed by atoms with Crippen LogP contribution >= 0.6 is 24.0 Å². The predicted molar refractivity (Wildman–Crippen MR) is 134 cm³/mol. The van der Waals surface area contributed by atoms with E-state index in [4.69, 9.17) is 4.74 Å². The molecule has 1 heterocycles. The molecule has 0 amide bonds. The Morgan fingerprint density at radius 3 is 2.68 bits per heavy atom. The number of halogens is 2. The van der Waals surface area contributed by atoms with Gasteiger partial charge in [-0.25, -0.2) is 9.37 Å². The summed E-state index contributed by atoms with van der Waals surface area (Å²) in [6.45, 7) is 6.00. The first-order valence-corrected chi connectivity index (χ1v) is 10.1. The van der Waals surface area contributed by atoms with Crippen LogP contribution < -0.4 is 15.4 Å². The highest BCUT2D eigenvalue weighted by Gasteiger charge is 2.03. The van der Waals surface area contributed by atoms with Crippen molar-refractivity contribution in [3.8, 4) is 5.75 Å². The third-order valence-electron chi connectivity index (χ3n) is 4.27. The number of hydrogen-bond donors (Lipinski definition) is 2. The summed E-state index contributed by atoms with van der Waals surface area (Å²) in [7, 11) is 0. The van der Waals surface area contributed by atoms with Crippen molar-refractivity contribution in [2.75, 3.05) is 18.4 Å². The molecular formula is C23H29FIN5O. The van der Waals surface area contributed by atoms with Gasteiger partial charge in [-0.15, -0.1) is 24.0 Å². The second kappa shape index (κ2) is 12.9. The number of nitrogens with zero attached hydrogens (tertiary/aromatic N) is 3. The fourth-order valence-corrected chi connectivity index (χ4v) is 2.88. The number of guanidine groups is 1. The topological polar surface area (TPSA) is 63.5 Å². The maximum atomic E-state index is 13.4. The van der Waals surface area contributed by atoms with Crippen molar-refractivity contribution in [2.45, 2.75) is 32.9 Å². The van der Waals surface area contributed by atoms with E-state index >= 15 is 0 Å². The first kappa shape index (κ1) is 24.6. The number of hydrogen-bond acceptors (Lipinski definition) is 3. The number of ether oxygens (including phenoxy) is 1. The maximum Gasteiger partial charge on any atom is 0.195 e. The molecule has 31 heavy (non-hydrogen) atoms. The summed E-state index contributed by atoms with van der Waals surface area (Å²) in [6.07, 6.45) is 6.25. The number of aromatic nitrogens is 2. The molecule has 0 bridgehead atoms. The van der Waals surface area contributed by atoms with Gasteiger partial charge in [0.15, 0.2) is 5.96 Å². The Morgan fingerprint density at radius 2 is 2.00 bits per heavy atom. The quantitative estimate of drug-likeness (QED) is 0.236. The minimum absolute atomic E-state index is 0. The van der Waals surface area contributed by atoms with E-state index in [1.54, 1.807) is 24.7 Å². The zero-order valence-electron chi connectivity index (χ0n) is 17.8. The van der Waals surface area contributed by atoms with Crippen LogP contribution in [0, 0.1) is 5.82 Å². The van der Waals surface area contributed by atoms with Gasteiger partial charge in [-0.3, -0.25) is 4.99 Å². The second-order valence-corrected chi connectivity index (χ2v) is 7.15. The molecule has 0 saturated carbocycles. The summed E-state index contributed by atoms with van der Waals surface area (Å²) < 4.78 is 21.1. The average molecular weight is 537 g/mol.